The van der Waals surface area contributed by atoms with Crippen LogP contribution in [0.3, 0.4) is 0 Å². The molecule has 3 rings (SSSR count). The van der Waals surface area contributed by atoms with E-state index in [1.165, 1.54) is 11.1 Å². The zero-order valence-corrected chi connectivity index (χ0v) is 13.4. The van der Waals surface area contributed by atoms with Gasteiger partial charge in [-0.15, -0.1) is 0 Å². The molecule has 1 fully saturated rings. The van der Waals surface area contributed by atoms with E-state index in [9.17, 15) is 9.59 Å². The molecule has 24 heavy (non-hydrogen) atoms. The number of piperazine rings is 1. The Morgan fingerprint density at radius 2 is 2.04 bits per heavy atom. The van der Waals surface area contributed by atoms with E-state index in [0.717, 1.165) is 5.56 Å². The van der Waals surface area contributed by atoms with Crippen molar-refractivity contribution >= 4 is 11.8 Å². The van der Waals surface area contributed by atoms with Gasteiger partial charge in [-0.1, -0.05) is 30.3 Å². The van der Waals surface area contributed by atoms with Gasteiger partial charge in [-0.2, -0.15) is 0 Å². The molecule has 6 nitrogen and oxygen atoms in total. The van der Waals surface area contributed by atoms with Crippen molar-refractivity contribution < 1.29 is 14.3 Å². The lowest BCUT2D eigenvalue weighted by atomic mass is 10.1. The van der Waals surface area contributed by atoms with Crippen LogP contribution in [0.5, 0.6) is 5.88 Å². The van der Waals surface area contributed by atoms with Crippen LogP contribution in [0.2, 0.25) is 0 Å². The molecular formula is C18H19N3O3. The predicted octanol–water partition coefficient (Wildman–Crippen LogP) is 1.79. The molecule has 0 aliphatic carbocycles. The van der Waals surface area contributed by atoms with Crippen LogP contribution in [-0.2, 0) is 4.79 Å². The highest BCUT2D eigenvalue weighted by Gasteiger charge is 2.22. The Hall–Kier alpha value is -2.89. The number of nitrogens with one attached hydrogen (secondary N) is 1. The number of ether oxygens (including phenoxy) is 1. The van der Waals surface area contributed by atoms with Crippen molar-refractivity contribution in [2.24, 2.45) is 0 Å². The van der Waals surface area contributed by atoms with E-state index in [2.05, 4.69) is 10.3 Å². The molecule has 1 atom stereocenters. The number of carbonyl (C=O) groups excluding carboxylic acids is 2. The first-order chi connectivity index (χ1) is 11.6. The van der Waals surface area contributed by atoms with Gasteiger partial charge in [0.1, 0.15) is 6.10 Å². The summed E-state index contributed by atoms with van der Waals surface area (Å²) in [6, 6.07) is 13.2. The van der Waals surface area contributed by atoms with E-state index in [0.29, 0.717) is 24.5 Å². The van der Waals surface area contributed by atoms with Crippen LogP contribution in [0.4, 0.5) is 0 Å². The smallest absolute Gasteiger partial charge is 0.255 e. The molecule has 124 valence electrons. The maximum atomic E-state index is 12.4. The molecule has 1 saturated heterocycles. The summed E-state index contributed by atoms with van der Waals surface area (Å²) in [4.78, 5) is 29.5. The summed E-state index contributed by atoms with van der Waals surface area (Å²) >= 11 is 0. The molecular weight excluding hydrogens is 306 g/mol. The summed E-state index contributed by atoms with van der Waals surface area (Å²) in [5, 5.41) is 2.70. The van der Waals surface area contributed by atoms with Crippen molar-refractivity contribution in [3.05, 3.63) is 59.8 Å². The fourth-order valence-corrected chi connectivity index (χ4v) is 2.54. The number of rotatable bonds is 4. The number of aromatic nitrogens is 1. The third-order valence-electron chi connectivity index (χ3n) is 3.88. The fraction of sp³-hybridized carbons (Fsp3) is 0.278. The van der Waals surface area contributed by atoms with E-state index in [1.807, 2.05) is 37.3 Å². The summed E-state index contributed by atoms with van der Waals surface area (Å²) in [6.07, 6.45) is 1.35. The molecule has 0 saturated carbocycles. The van der Waals surface area contributed by atoms with Gasteiger partial charge in [0.25, 0.3) is 5.91 Å². The third kappa shape index (κ3) is 3.71. The molecule has 0 radical (unpaired) electrons. The average molecular weight is 325 g/mol. The molecule has 1 aromatic carbocycles. The summed E-state index contributed by atoms with van der Waals surface area (Å²) in [6.45, 7) is 3.02. The van der Waals surface area contributed by atoms with Crippen LogP contribution in [0, 0.1) is 0 Å². The minimum Gasteiger partial charge on any atom is -0.470 e. The van der Waals surface area contributed by atoms with Crippen molar-refractivity contribution in [3.8, 4) is 5.88 Å². The molecule has 2 heterocycles. The number of benzene rings is 1. The molecule has 1 aliphatic heterocycles. The monoisotopic (exact) mass is 325 g/mol. The second kappa shape index (κ2) is 7.12. The number of pyridine rings is 1. The minimum absolute atomic E-state index is 0.0854. The number of nitrogens with zero attached hydrogens (tertiary/aromatic N) is 2. The second-order valence-electron chi connectivity index (χ2n) is 5.63. The quantitative estimate of drug-likeness (QED) is 0.930. The van der Waals surface area contributed by atoms with Gasteiger partial charge in [0.2, 0.25) is 11.8 Å². The first kappa shape index (κ1) is 16.0. The van der Waals surface area contributed by atoms with Crippen molar-refractivity contribution in [1.29, 1.82) is 0 Å². The lowest BCUT2D eigenvalue weighted by molar-refractivity contribution is -0.123. The van der Waals surface area contributed by atoms with Crippen LogP contribution < -0.4 is 10.1 Å². The molecule has 1 aromatic heterocycles. The Morgan fingerprint density at radius 1 is 1.25 bits per heavy atom. The van der Waals surface area contributed by atoms with Crippen LogP contribution in [0.15, 0.2) is 48.7 Å². The Bertz CT molecular complexity index is 716. The highest BCUT2D eigenvalue weighted by Crippen LogP contribution is 2.20. The molecule has 2 amide bonds. The topological polar surface area (TPSA) is 71.5 Å². The number of hydrogen-bond donors (Lipinski definition) is 1. The lowest BCUT2D eigenvalue weighted by Crippen LogP contribution is -2.49. The number of carbonyl (C=O) groups is 2. The highest BCUT2D eigenvalue weighted by molar-refractivity contribution is 5.96. The van der Waals surface area contributed by atoms with Crippen molar-refractivity contribution in [2.45, 2.75) is 13.0 Å². The largest absolute Gasteiger partial charge is 0.470 e. The van der Waals surface area contributed by atoms with Crippen molar-refractivity contribution in [1.82, 2.24) is 15.2 Å². The molecule has 2 aromatic rings. The average Bonchev–Trinajstić information content (AvgIpc) is 2.62. The number of amides is 2. The van der Waals surface area contributed by atoms with Gasteiger partial charge in [0.05, 0.1) is 12.1 Å². The number of hydrogen-bond acceptors (Lipinski definition) is 4. The summed E-state index contributed by atoms with van der Waals surface area (Å²) in [5.74, 6) is 0.124. The van der Waals surface area contributed by atoms with Crippen LogP contribution >= 0.6 is 0 Å². The van der Waals surface area contributed by atoms with E-state index >= 15 is 0 Å². The SMILES string of the molecule is C[C@H](Oc1ccc(C(=O)N2CCNC(=O)C2)cn1)c1ccccc1. The van der Waals surface area contributed by atoms with Crippen LogP contribution in [-0.4, -0.2) is 41.3 Å². The molecule has 0 spiro atoms. The Labute approximate surface area is 140 Å². The Kier molecular flexibility index (Phi) is 4.74. The Morgan fingerprint density at radius 3 is 2.71 bits per heavy atom. The van der Waals surface area contributed by atoms with E-state index in [4.69, 9.17) is 4.74 Å². The van der Waals surface area contributed by atoms with Gasteiger partial charge >= 0.3 is 0 Å². The van der Waals surface area contributed by atoms with Gasteiger partial charge in [0.15, 0.2) is 0 Å². The van der Waals surface area contributed by atoms with Crippen LogP contribution in [0.25, 0.3) is 0 Å². The van der Waals surface area contributed by atoms with E-state index < -0.39 is 0 Å². The van der Waals surface area contributed by atoms with Crippen molar-refractivity contribution in [2.75, 3.05) is 19.6 Å². The fourth-order valence-electron chi connectivity index (χ4n) is 2.54. The van der Waals surface area contributed by atoms with Gasteiger partial charge in [-0.3, -0.25) is 9.59 Å². The van der Waals surface area contributed by atoms with E-state index in [-0.39, 0.29) is 24.5 Å². The zero-order valence-electron chi connectivity index (χ0n) is 13.4. The first-order valence-corrected chi connectivity index (χ1v) is 7.87. The van der Waals surface area contributed by atoms with Gasteiger partial charge < -0.3 is 15.0 Å². The zero-order chi connectivity index (χ0) is 16.9. The highest BCUT2D eigenvalue weighted by atomic mass is 16.5. The second-order valence-corrected chi connectivity index (χ2v) is 5.63. The molecule has 0 bridgehead atoms. The standard InChI is InChI=1S/C18H19N3O3/c1-13(14-5-3-2-4-6-14)24-17-8-7-15(11-20-17)18(23)21-10-9-19-16(22)12-21/h2-8,11,13H,9-10,12H2,1H3,(H,19,22)/t13-/m0/s1. The minimum atomic E-state index is -0.194. The third-order valence-corrected chi connectivity index (χ3v) is 3.88. The van der Waals surface area contributed by atoms with Crippen LogP contribution in [0.1, 0.15) is 28.9 Å². The van der Waals surface area contributed by atoms with Gasteiger partial charge in [-0.25, -0.2) is 4.98 Å². The summed E-state index contributed by atoms with van der Waals surface area (Å²) in [5.41, 5.74) is 1.50. The molecule has 1 N–H and O–H groups in total. The maximum Gasteiger partial charge on any atom is 0.255 e. The van der Waals surface area contributed by atoms with Gasteiger partial charge in [0, 0.05) is 25.4 Å². The molecule has 6 heteroatoms. The lowest BCUT2D eigenvalue weighted by Gasteiger charge is -2.26. The predicted molar refractivity (Wildman–Crippen MR) is 88.6 cm³/mol. The Balaban J connectivity index is 1.65. The summed E-state index contributed by atoms with van der Waals surface area (Å²) in [7, 11) is 0. The molecule has 1 aliphatic rings. The van der Waals surface area contributed by atoms with Crippen molar-refractivity contribution in [3.63, 3.8) is 0 Å². The van der Waals surface area contributed by atoms with E-state index in [1.54, 1.807) is 12.1 Å². The van der Waals surface area contributed by atoms with Gasteiger partial charge in [-0.05, 0) is 18.6 Å². The normalized spacial score (nSPS) is 15.5. The molecule has 0 unspecified atom stereocenters. The first-order valence-electron chi connectivity index (χ1n) is 7.87. The summed E-state index contributed by atoms with van der Waals surface area (Å²) < 4.78 is 5.80. The maximum absolute atomic E-state index is 12.4.